The molecule has 0 atom stereocenters. The highest BCUT2D eigenvalue weighted by atomic mass is 35.5. The maximum Gasteiger partial charge on any atom is 0.254 e. The molecule has 2 aliphatic rings. The van der Waals surface area contributed by atoms with Gasteiger partial charge in [-0.3, -0.25) is 4.79 Å². The third-order valence-corrected chi connectivity index (χ3v) is 5.08. The Bertz CT molecular complexity index is 503. The van der Waals surface area contributed by atoms with Gasteiger partial charge in [-0.1, -0.05) is 18.2 Å². The van der Waals surface area contributed by atoms with E-state index in [1.54, 1.807) is 0 Å². The second kappa shape index (κ2) is 6.37. The molecule has 1 aromatic carbocycles. The van der Waals surface area contributed by atoms with Crippen LogP contribution in [-0.4, -0.2) is 37.0 Å². The Kier molecular flexibility index (Phi) is 4.95. The quantitative estimate of drug-likeness (QED) is 0.865. The molecule has 0 aliphatic carbocycles. The summed E-state index contributed by atoms with van der Waals surface area (Å²) in [5, 5.41) is 3.43. The number of piperidine rings is 1. The summed E-state index contributed by atoms with van der Waals surface area (Å²) in [6.07, 6.45) is 3.60. The molecular formula is C17H25ClN2O. The smallest absolute Gasteiger partial charge is 0.254 e. The lowest BCUT2D eigenvalue weighted by Gasteiger charge is -2.33. The van der Waals surface area contributed by atoms with Gasteiger partial charge in [0.15, 0.2) is 0 Å². The molecule has 21 heavy (non-hydrogen) atoms. The number of carbonyl (C=O) groups is 1. The largest absolute Gasteiger partial charge is 0.338 e. The normalized spacial score (nSPS) is 20.4. The van der Waals surface area contributed by atoms with Crippen molar-refractivity contribution in [2.45, 2.75) is 33.1 Å². The highest BCUT2D eigenvalue weighted by Gasteiger charge is 2.40. The molecule has 2 aliphatic heterocycles. The Morgan fingerprint density at radius 1 is 1.14 bits per heavy atom. The summed E-state index contributed by atoms with van der Waals surface area (Å²) in [5.41, 5.74) is 3.50. The van der Waals surface area contributed by atoms with Crippen molar-refractivity contribution in [2.24, 2.45) is 5.41 Å². The van der Waals surface area contributed by atoms with Crippen LogP contribution >= 0.6 is 12.4 Å². The van der Waals surface area contributed by atoms with Crippen molar-refractivity contribution >= 4 is 18.3 Å². The number of nitrogens with one attached hydrogen (secondary N) is 1. The summed E-state index contributed by atoms with van der Waals surface area (Å²) in [6, 6.07) is 6.10. The van der Waals surface area contributed by atoms with Crippen molar-refractivity contribution in [2.75, 3.05) is 26.2 Å². The molecule has 1 amide bonds. The molecule has 0 unspecified atom stereocenters. The number of hydrogen-bond donors (Lipinski definition) is 1. The van der Waals surface area contributed by atoms with Crippen LogP contribution in [0.4, 0.5) is 0 Å². The first-order chi connectivity index (χ1) is 9.61. The maximum atomic E-state index is 12.8. The van der Waals surface area contributed by atoms with Crippen molar-refractivity contribution in [1.82, 2.24) is 10.2 Å². The first-order valence-corrected chi connectivity index (χ1v) is 7.68. The Morgan fingerprint density at radius 3 is 2.38 bits per heavy atom. The molecule has 2 saturated heterocycles. The average Bonchev–Trinajstić information content (AvgIpc) is 2.83. The summed E-state index contributed by atoms with van der Waals surface area (Å²) in [6.45, 7) is 8.15. The van der Waals surface area contributed by atoms with Crippen molar-refractivity contribution < 1.29 is 4.79 Å². The summed E-state index contributed by atoms with van der Waals surface area (Å²) < 4.78 is 0. The number of halogens is 1. The average molecular weight is 309 g/mol. The van der Waals surface area contributed by atoms with E-state index in [0.717, 1.165) is 42.9 Å². The maximum absolute atomic E-state index is 12.8. The fraction of sp³-hybridized carbons (Fsp3) is 0.588. The second-order valence-corrected chi connectivity index (χ2v) is 6.49. The van der Waals surface area contributed by atoms with Gasteiger partial charge in [0.1, 0.15) is 0 Å². The fourth-order valence-electron chi connectivity index (χ4n) is 3.78. The van der Waals surface area contributed by atoms with Crippen LogP contribution in [0, 0.1) is 19.3 Å². The van der Waals surface area contributed by atoms with E-state index in [2.05, 4.69) is 10.2 Å². The Morgan fingerprint density at radius 2 is 1.76 bits per heavy atom. The van der Waals surface area contributed by atoms with Crippen LogP contribution in [-0.2, 0) is 0 Å². The van der Waals surface area contributed by atoms with Gasteiger partial charge in [-0.05, 0) is 62.7 Å². The molecular weight excluding hydrogens is 284 g/mol. The molecule has 116 valence electrons. The van der Waals surface area contributed by atoms with Gasteiger partial charge in [0.2, 0.25) is 0 Å². The molecule has 0 radical (unpaired) electrons. The predicted octanol–water partition coefficient (Wildman–Crippen LogP) is 2.94. The van der Waals surface area contributed by atoms with Gasteiger partial charge in [-0.2, -0.15) is 0 Å². The van der Waals surface area contributed by atoms with E-state index in [-0.39, 0.29) is 18.3 Å². The SMILES string of the molecule is Cc1cccc(C)c1C(=O)N1CCC2(CCNCC2)C1.Cl. The van der Waals surface area contributed by atoms with Gasteiger partial charge < -0.3 is 10.2 Å². The summed E-state index contributed by atoms with van der Waals surface area (Å²) in [5.74, 6) is 0.232. The van der Waals surface area contributed by atoms with Crippen LogP contribution in [0.3, 0.4) is 0 Å². The highest BCUT2D eigenvalue weighted by Crippen LogP contribution is 2.39. The monoisotopic (exact) mass is 308 g/mol. The molecule has 1 spiro atoms. The Labute approximate surface area is 133 Å². The van der Waals surface area contributed by atoms with Crippen LogP contribution < -0.4 is 5.32 Å². The number of aryl methyl sites for hydroxylation is 2. The van der Waals surface area contributed by atoms with Gasteiger partial charge in [-0.25, -0.2) is 0 Å². The molecule has 3 rings (SSSR count). The molecule has 2 fully saturated rings. The van der Waals surface area contributed by atoms with Crippen molar-refractivity contribution in [3.8, 4) is 0 Å². The predicted molar refractivity (Wildman–Crippen MR) is 88.2 cm³/mol. The topological polar surface area (TPSA) is 32.3 Å². The van der Waals surface area contributed by atoms with Crippen LogP contribution in [0.5, 0.6) is 0 Å². The molecule has 0 aromatic heterocycles. The zero-order valence-electron chi connectivity index (χ0n) is 12.9. The zero-order chi connectivity index (χ0) is 14.2. The van der Waals surface area contributed by atoms with Gasteiger partial charge in [0, 0.05) is 18.7 Å². The molecule has 0 bridgehead atoms. The van der Waals surface area contributed by atoms with E-state index in [4.69, 9.17) is 0 Å². The molecule has 3 nitrogen and oxygen atoms in total. The van der Waals surface area contributed by atoms with Crippen LogP contribution in [0.2, 0.25) is 0 Å². The summed E-state index contributed by atoms with van der Waals surface area (Å²) in [4.78, 5) is 14.9. The van der Waals surface area contributed by atoms with Crippen molar-refractivity contribution in [1.29, 1.82) is 0 Å². The number of nitrogens with zero attached hydrogens (tertiary/aromatic N) is 1. The number of hydrogen-bond acceptors (Lipinski definition) is 2. The minimum Gasteiger partial charge on any atom is -0.338 e. The molecule has 2 heterocycles. The molecule has 0 saturated carbocycles. The lowest BCUT2D eigenvalue weighted by Crippen LogP contribution is -2.40. The number of rotatable bonds is 1. The first kappa shape index (κ1) is 16.3. The van der Waals surface area contributed by atoms with Gasteiger partial charge >= 0.3 is 0 Å². The van der Waals surface area contributed by atoms with Crippen LogP contribution in [0.1, 0.15) is 40.7 Å². The van der Waals surface area contributed by atoms with E-state index >= 15 is 0 Å². The van der Waals surface area contributed by atoms with Gasteiger partial charge in [-0.15, -0.1) is 12.4 Å². The number of amides is 1. The minimum atomic E-state index is 0. The van der Waals surface area contributed by atoms with E-state index in [9.17, 15) is 4.79 Å². The lowest BCUT2D eigenvalue weighted by molar-refractivity contribution is 0.0760. The lowest BCUT2D eigenvalue weighted by atomic mass is 9.78. The number of benzene rings is 1. The highest BCUT2D eigenvalue weighted by molar-refractivity contribution is 5.97. The minimum absolute atomic E-state index is 0. The zero-order valence-corrected chi connectivity index (χ0v) is 13.8. The number of likely N-dealkylation sites (tertiary alicyclic amines) is 1. The first-order valence-electron chi connectivity index (χ1n) is 7.68. The van der Waals surface area contributed by atoms with Gasteiger partial charge in [0.05, 0.1) is 0 Å². The van der Waals surface area contributed by atoms with E-state index in [1.807, 2.05) is 32.0 Å². The van der Waals surface area contributed by atoms with Crippen LogP contribution in [0.25, 0.3) is 0 Å². The third kappa shape index (κ3) is 3.09. The second-order valence-electron chi connectivity index (χ2n) is 6.49. The third-order valence-electron chi connectivity index (χ3n) is 5.08. The standard InChI is InChI=1S/C17H24N2O.ClH/c1-13-4-3-5-14(2)15(13)16(20)19-11-8-17(12-19)6-9-18-10-7-17;/h3-5,18H,6-12H2,1-2H3;1H. The fourth-order valence-corrected chi connectivity index (χ4v) is 3.78. The Hall–Kier alpha value is -1.06. The van der Waals surface area contributed by atoms with E-state index < -0.39 is 0 Å². The number of carbonyl (C=O) groups excluding carboxylic acids is 1. The summed E-state index contributed by atoms with van der Waals surface area (Å²) in [7, 11) is 0. The Balaban J connectivity index is 0.00000161. The van der Waals surface area contributed by atoms with Gasteiger partial charge in [0.25, 0.3) is 5.91 Å². The van der Waals surface area contributed by atoms with Crippen molar-refractivity contribution in [3.63, 3.8) is 0 Å². The van der Waals surface area contributed by atoms with Crippen molar-refractivity contribution in [3.05, 3.63) is 34.9 Å². The van der Waals surface area contributed by atoms with E-state index in [0.29, 0.717) is 5.41 Å². The van der Waals surface area contributed by atoms with E-state index in [1.165, 1.54) is 19.3 Å². The molecule has 4 heteroatoms. The molecule has 1 aromatic rings. The summed E-state index contributed by atoms with van der Waals surface area (Å²) >= 11 is 0. The molecule has 1 N–H and O–H groups in total. The van der Waals surface area contributed by atoms with Crippen LogP contribution in [0.15, 0.2) is 18.2 Å².